The van der Waals surface area contributed by atoms with Crippen molar-refractivity contribution >= 4 is 50.9 Å². The van der Waals surface area contributed by atoms with Gasteiger partial charge in [-0.25, -0.2) is 18.6 Å². The summed E-state index contributed by atoms with van der Waals surface area (Å²) >= 11 is 1.15. The fourth-order valence-electron chi connectivity index (χ4n) is 4.84. The number of ether oxygens (including phenoxy) is 2. The van der Waals surface area contributed by atoms with Gasteiger partial charge < -0.3 is 9.47 Å². The highest BCUT2D eigenvalue weighted by Gasteiger charge is 2.52. The number of benzene rings is 3. The van der Waals surface area contributed by atoms with Crippen molar-refractivity contribution in [2.75, 3.05) is 12.3 Å². The quantitative estimate of drug-likeness (QED) is 0.180. The number of nitrogens with zero attached hydrogens (tertiary/aromatic N) is 2. The standard InChI is InChI=1S/C33H29F5N2O5S2/c1-32(2,3)45-31(41)40(47(42,43)33(36,37)38)14-15-46-30-24-7-5-4-6-22(24)19-44-29-13-9-20(16-25(29)30)8-11-23-12-10-21-17-26(34)27(35)18-28(21)39-23/h4-13,16-18,30H,14-15,19H2,1-3H3. The molecule has 1 aliphatic heterocycles. The lowest BCUT2D eigenvalue weighted by molar-refractivity contribution is -0.0498. The Morgan fingerprint density at radius 1 is 1.00 bits per heavy atom. The zero-order chi connectivity index (χ0) is 34.1. The Morgan fingerprint density at radius 2 is 1.72 bits per heavy atom. The summed E-state index contributed by atoms with van der Waals surface area (Å²) in [6.45, 7) is 3.68. The zero-order valence-electron chi connectivity index (χ0n) is 25.3. The molecule has 1 aliphatic rings. The second-order valence-corrected chi connectivity index (χ2v) is 14.6. The number of fused-ring (bicyclic) bond motifs is 3. The van der Waals surface area contributed by atoms with Gasteiger partial charge in [0.15, 0.2) is 11.6 Å². The number of carbonyl (C=O) groups is 1. The van der Waals surface area contributed by atoms with Crippen molar-refractivity contribution < 1.29 is 44.6 Å². The number of hydrogen-bond acceptors (Lipinski definition) is 7. The summed E-state index contributed by atoms with van der Waals surface area (Å²) in [5, 5.41) is -0.0715. The summed E-state index contributed by atoms with van der Waals surface area (Å²) in [6, 6.07) is 18.1. The van der Waals surface area contributed by atoms with E-state index in [4.69, 9.17) is 9.47 Å². The van der Waals surface area contributed by atoms with Gasteiger partial charge in [0.25, 0.3) is 0 Å². The van der Waals surface area contributed by atoms with Gasteiger partial charge >= 0.3 is 21.6 Å². The second-order valence-electron chi connectivity index (χ2n) is 11.6. The first kappa shape index (κ1) is 34.2. The Hall–Kier alpha value is -4.17. The van der Waals surface area contributed by atoms with Crippen LogP contribution in [0, 0.1) is 11.6 Å². The molecule has 0 bridgehead atoms. The van der Waals surface area contributed by atoms with Crippen LogP contribution >= 0.6 is 11.8 Å². The van der Waals surface area contributed by atoms with Crippen molar-refractivity contribution in [3.05, 3.63) is 106 Å². The molecule has 0 radical (unpaired) electrons. The highest BCUT2D eigenvalue weighted by molar-refractivity contribution is 7.99. The Kier molecular flexibility index (Phi) is 9.56. The average molecular weight is 693 g/mol. The molecule has 1 unspecified atom stereocenters. The number of pyridine rings is 1. The molecule has 248 valence electrons. The van der Waals surface area contributed by atoms with Gasteiger partial charge in [0.1, 0.15) is 18.0 Å². The van der Waals surface area contributed by atoms with Crippen molar-refractivity contribution in [2.45, 2.75) is 43.7 Å². The number of carbonyl (C=O) groups excluding carboxylic acids is 1. The van der Waals surface area contributed by atoms with E-state index in [9.17, 15) is 35.2 Å². The molecule has 3 aromatic carbocycles. The molecule has 0 saturated heterocycles. The van der Waals surface area contributed by atoms with Gasteiger partial charge in [0, 0.05) is 29.3 Å². The molecule has 0 aliphatic carbocycles. The normalized spacial score (nSPS) is 15.1. The number of amides is 1. The predicted octanol–water partition coefficient (Wildman–Crippen LogP) is 8.49. The molecule has 0 N–H and O–H groups in total. The number of alkyl halides is 3. The number of halogens is 5. The first-order valence-corrected chi connectivity index (χ1v) is 16.7. The molecule has 0 spiro atoms. The molecule has 7 nitrogen and oxygen atoms in total. The Morgan fingerprint density at radius 3 is 2.45 bits per heavy atom. The average Bonchev–Trinajstić information content (AvgIpc) is 3.13. The minimum Gasteiger partial charge on any atom is -0.489 e. The van der Waals surface area contributed by atoms with Crippen LogP contribution in [0.4, 0.5) is 26.7 Å². The van der Waals surface area contributed by atoms with E-state index in [-0.39, 0.29) is 22.2 Å². The smallest absolute Gasteiger partial charge is 0.489 e. The van der Waals surface area contributed by atoms with Crippen molar-refractivity contribution in [2.24, 2.45) is 0 Å². The minimum absolute atomic E-state index is 0.203. The SMILES string of the molecule is CC(C)(C)OC(=O)N(CCSC1c2ccccc2COc2ccc(C=Cc3ccc4cc(F)c(F)cc4n3)cc21)S(=O)(=O)C(F)(F)F. The monoisotopic (exact) mass is 692 g/mol. The van der Waals surface area contributed by atoms with Crippen LogP contribution in [-0.2, 0) is 21.4 Å². The highest BCUT2D eigenvalue weighted by Crippen LogP contribution is 2.45. The van der Waals surface area contributed by atoms with Crippen LogP contribution in [-0.4, -0.2) is 47.2 Å². The Bertz CT molecular complexity index is 1960. The topological polar surface area (TPSA) is 85.8 Å². The molecule has 1 aromatic heterocycles. The molecule has 47 heavy (non-hydrogen) atoms. The Balaban J connectivity index is 1.45. The summed E-state index contributed by atoms with van der Waals surface area (Å²) in [6.07, 6.45) is 1.83. The van der Waals surface area contributed by atoms with Crippen molar-refractivity contribution in [1.82, 2.24) is 9.29 Å². The van der Waals surface area contributed by atoms with E-state index >= 15 is 0 Å². The summed E-state index contributed by atoms with van der Waals surface area (Å²) in [4.78, 5) is 17.0. The van der Waals surface area contributed by atoms with E-state index in [0.29, 0.717) is 28.0 Å². The molecule has 14 heteroatoms. The van der Waals surface area contributed by atoms with Gasteiger partial charge in [0.2, 0.25) is 0 Å². The fourth-order valence-corrected chi connectivity index (χ4v) is 7.07. The third-order valence-electron chi connectivity index (χ3n) is 7.00. The number of aromatic nitrogens is 1. The number of sulfonamides is 1. The van der Waals surface area contributed by atoms with Crippen molar-refractivity contribution in [3.63, 3.8) is 0 Å². The summed E-state index contributed by atoms with van der Waals surface area (Å²) in [5.74, 6) is -1.66. The van der Waals surface area contributed by atoms with E-state index < -0.39 is 50.7 Å². The number of rotatable bonds is 7. The maximum absolute atomic E-state index is 13.8. The van der Waals surface area contributed by atoms with Crippen LogP contribution in [0.2, 0.25) is 0 Å². The molecule has 5 rings (SSSR count). The lowest BCUT2D eigenvalue weighted by Crippen LogP contribution is -2.47. The van der Waals surface area contributed by atoms with Crippen molar-refractivity contribution in [3.8, 4) is 5.75 Å². The summed E-state index contributed by atoms with van der Waals surface area (Å²) < 4.78 is 104. The van der Waals surface area contributed by atoms with Gasteiger partial charge in [-0.1, -0.05) is 42.5 Å². The first-order valence-electron chi connectivity index (χ1n) is 14.3. The number of thioether (sulfide) groups is 1. The van der Waals surface area contributed by atoms with E-state index in [0.717, 1.165) is 35.0 Å². The van der Waals surface area contributed by atoms with Crippen LogP contribution in [0.15, 0.2) is 66.7 Å². The number of hydrogen-bond donors (Lipinski definition) is 0. The highest BCUT2D eigenvalue weighted by atomic mass is 32.2. The molecular formula is C33H29F5N2O5S2. The van der Waals surface area contributed by atoms with E-state index in [2.05, 4.69) is 4.98 Å². The third-order valence-corrected chi connectivity index (χ3v) is 9.75. The third kappa shape index (κ3) is 7.70. The van der Waals surface area contributed by atoms with E-state index in [1.54, 1.807) is 36.4 Å². The lowest BCUT2D eigenvalue weighted by Gasteiger charge is -2.28. The summed E-state index contributed by atoms with van der Waals surface area (Å²) in [5.41, 5.74) is -3.16. The Labute approximate surface area is 272 Å². The molecular weight excluding hydrogens is 663 g/mol. The van der Waals surface area contributed by atoms with Crippen molar-refractivity contribution in [1.29, 1.82) is 0 Å². The molecule has 0 saturated carbocycles. The van der Waals surface area contributed by atoms with E-state index in [1.165, 1.54) is 20.8 Å². The maximum Gasteiger partial charge on any atom is 0.516 e. The molecule has 0 fully saturated rings. The molecule has 2 heterocycles. The van der Waals surface area contributed by atoms with Gasteiger partial charge in [-0.15, -0.1) is 11.8 Å². The predicted molar refractivity (Wildman–Crippen MR) is 170 cm³/mol. The van der Waals surface area contributed by atoms with Crippen LogP contribution in [0.3, 0.4) is 0 Å². The molecule has 1 amide bonds. The second kappa shape index (κ2) is 13.1. The van der Waals surface area contributed by atoms with Crippen LogP contribution in [0.25, 0.3) is 23.1 Å². The molecule has 4 aromatic rings. The van der Waals surface area contributed by atoms with Gasteiger partial charge in [-0.05, 0) is 67.8 Å². The van der Waals surface area contributed by atoms with Crippen LogP contribution in [0.1, 0.15) is 54.0 Å². The molecule has 1 atom stereocenters. The van der Waals surface area contributed by atoms with Gasteiger partial charge in [0.05, 0.1) is 16.5 Å². The first-order chi connectivity index (χ1) is 22.0. The minimum atomic E-state index is -6.03. The van der Waals surface area contributed by atoms with E-state index in [1.807, 2.05) is 30.3 Å². The zero-order valence-corrected chi connectivity index (χ0v) is 27.0. The van der Waals surface area contributed by atoms with Gasteiger partial charge in [-0.2, -0.15) is 25.9 Å². The van der Waals surface area contributed by atoms with Gasteiger partial charge in [-0.3, -0.25) is 0 Å². The van der Waals surface area contributed by atoms with Crippen LogP contribution < -0.4 is 4.74 Å². The van der Waals surface area contributed by atoms with Crippen LogP contribution in [0.5, 0.6) is 5.75 Å². The lowest BCUT2D eigenvalue weighted by atomic mass is 9.98. The largest absolute Gasteiger partial charge is 0.516 e. The fraction of sp³-hybridized carbons (Fsp3) is 0.273. The maximum atomic E-state index is 13.8. The summed E-state index contributed by atoms with van der Waals surface area (Å²) in [7, 11) is -6.03.